The standard InChI is InChI=1S/C23H28N2O4/c1-24(2)11-12-25(17-18-7-5-4-6-8-18)22(26)10-9-19-15-20(27-3)23-21(16-19)28-13-14-29-23/h4-10,15-16H,11-14,17H2,1-3H3/b10-9+. The van der Waals surface area contributed by atoms with Gasteiger partial charge in [-0.1, -0.05) is 30.3 Å². The zero-order valence-corrected chi connectivity index (χ0v) is 17.3. The van der Waals surface area contributed by atoms with E-state index in [-0.39, 0.29) is 5.91 Å². The number of methoxy groups -OCH3 is 1. The molecule has 0 fully saturated rings. The third-order valence-electron chi connectivity index (χ3n) is 4.61. The number of hydrogen-bond donors (Lipinski definition) is 0. The fourth-order valence-electron chi connectivity index (χ4n) is 3.05. The molecule has 0 saturated carbocycles. The number of amides is 1. The summed E-state index contributed by atoms with van der Waals surface area (Å²) in [6, 6.07) is 13.7. The number of likely N-dealkylation sites (N-methyl/N-ethyl adjacent to an activating group) is 1. The fourth-order valence-corrected chi connectivity index (χ4v) is 3.05. The Morgan fingerprint density at radius 2 is 1.86 bits per heavy atom. The molecular weight excluding hydrogens is 368 g/mol. The van der Waals surface area contributed by atoms with Gasteiger partial charge in [-0.3, -0.25) is 4.79 Å². The van der Waals surface area contributed by atoms with Crippen LogP contribution in [0.5, 0.6) is 17.2 Å². The van der Waals surface area contributed by atoms with E-state index in [1.165, 1.54) is 0 Å². The summed E-state index contributed by atoms with van der Waals surface area (Å²) in [6.45, 7) is 3.01. The molecular formula is C23H28N2O4. The maximum absolute atomic E-state index is 12.9. The van der Waals surface area contributed by atoms with Crippen LogP contribution in [0.2, 0.25) is 0 Å². The van der Waals surface area contributed by atoms with Crippen molar-refractivity contribution in [1.82, 2.24) is 9.80 Å². The lowest BCUT2D eigenvalue weighted by atomic mass is 10.1. The molecule has 0 bridgehead atoms. The van der Waals surface area contributed by atoms with Gasteiger partial charge in [-0.25, -0.2) is 0 Å². The lowest BCUT2D eigenvalue weighted by molar-refractivity contribution is -0.126. The van der Waals surface area contributed by atoms with E-state index in [0.717, 1.165) is 17.7 Å². The topological polar surface area (TPSA) is 51.2 Å². The summed E-state index contributed by atoms with van der Waals surface area (Å²) >= 11 is 0. The minimum absolute atomic E-state index is 0.0374. The van der Waals surface area contributed by atoms with E-state index in [9.17, 15) is 4.79 Å². The van der Waals surface area contributed by atoms with Crippen molar-refractivity contribution in [3.8, 4) is 17.2 Å². The second-order valence-corrected chi connectivity index (χ2v) is 7.13. The Morgan fingerprint density at radius 1 is 1.10 bits per heavy atom. The zero-order valence-electron chi connectivity index (χ0n) is 17.3. The Bertz CT molecular complexity index is 832. The Balaban J connectivity index is 1.76. The molecule has 2 aromatic rings. The van der Waals surface area contributed by atoms with Gasteiger partial charge in [0.2, 0.25) is 11.7 Å². The van der Waals surface area contributed by atoms with Crippen molar-refractivity contribution in [3.05, 3.63) is 59.7 Å². The molecule has 1 aliphatic heterocycles. The Morgan fingerprint density at radius 3 is 2.59 bits per heavy atom. The third-order valence-corrected chi connectivity index (χ3v) is 4.61. The van der Waals surface area contributed by atoms with Gasteiger partial charge in [-0.15, -0.1) is 0 Å². The monoisotopic (exact) mass is 396 g/mol. The summed E-state index contributed by atoms with van der Waals surface area (Å²) in [7, 11) is 5.60. The molecule has 3 rings (SSSR count). The van der Waals surface area contributed by atoms with Crippen LogP contribution in [0.25, 0.3) is 6.08 Å². The Labute approximate surface area is 172 Å². The van der Waals surface area contributed by atoms with Crippen molar-refractivity contribution < 1.29 is 19.0 Å². The van der Waals surface area contributed by atoms with E-state index < -0.39 is 0 Å². The normalized spacial score (nSPS) is 13.0. The number of benzene rings is 2. The zero-order chi connectivity index (χ0) is 20.6. The first-order chi connectivity index (χ1) is 14.1. The maximum Gasteiger partial charge on any atom is 0.246 e. The van der Waals surface area contributed by atoms with Gasteiger partial charge in [-0.05, 0) is 43.4 Å². The third kappa shape index (κ3) is 5.74. The van der Waals surface area contributed by atoms with Crippen LogP contribution in [0, 0.1) is 0 Å². The Hall–Kier alpha value is -2.99. The highest BCUT2D eigenvalue weighted by Crippen LogP contribution is 2.40. The molecule has 0 saturated heterocycles. The van der Waals surface area contributed by atoms with Gasteiger partial charge in [0.1, 0.15) is 13.2 Å². The number of carbonyl (C=O) groups excluding carboxylic acids is 1. The van der Waals surface area contributed by atoms with E-state index in [1.54, 1.807) is 19.3 Å². The van der Waals surface area contributed by atoms with Crippen molar-refractivity contribution in [2.24, 2.45) is 0 Å². The summed E-state index contributed by atoms with van der Waals surface area (Å²) in [5, 5.41) is 0. The molecule has 0 unspecified atom stereocenters. The predicted octanol–water partition coefficient (Wildman–Crippen LogP) is 3.07. The second-order valence-electron chi connectivity index (χ2n) is 7.13. The molecule has 1 amide bonds. The van der Waals surface area contributed by atoms with E-state index in [4.69, 9.17) is 14.2 Å². The van der Waals surface area contributed by atoms with Crippen LogP contribution in [-0.2, 0) is 11.3 Å². The van der Waals surface area contributed by atoms with Gasteiger partial charge in [0, 0.05) is 25.7 Å². The summed E-state index contributed by atoms with van der Waals surface area (Å²) < 4.78 is 16.7. The van der Waals surface area contributed by atoms with Gasteiger partial charge < -0.3 is 24.0 Å². The van der Waals surface area contributed by atoms with E-state index >= 15 is 0 Å². The summed E-state index contributed by atoms with van der Waals surface area (Å²) in [4.78, 5) is 16.8. The first-order valence-corrected chi connectivity index (χ1v) is 9.70. The van der Waals surface area contributed by atoms with Gasteiger partial charge in [0.05, 0.1) is 7.11 Å². The summed E-state index contributed by atoms with van der Waals surface area (Å²) in [6.07, 6.45) is 3.39. The molecule has 6 heteroatoms. The van der Waals surface area contributed by atoms with Crippen LogP contribution in [0.15, 0.2) is 48.5 Å². The van der Waals surface area contributed by atoms with Crippen molar-refractivity contribution >= 4 is 12.0 Å². The molecule has 0 spiro atoms. The van der Waals surface area contributed by atoms with Gasteiger partial charge >= 0.3 is 0 Å². The lowest BCUT2D eigenvalue weighted by Crippen LogP contribution is -2.35. The van der Waals surface area contributed by atoms with Crippen LogP contribution in [0.3, 0.4) is 0 Å². The largest absolute Gasteiger partial charge is 0.493 e. The van der Waals surface area contributed by atoms with Gasteiger partial charge in [0.15, 0.2) is 11.5 Å². The average Bonchev–Trinajstić information content (AvgIpc) is 2.74. The van der Waals surface area contributed by atoms with Crippen molar-refractivity contribution in [2.45, 2.75) is 6.54 Å². The molecule has 0 atom stereocenters. The molecule has 0 aliphatic carbocycles. The highest BCUT2D eigenvalue weighted by atomic mass is 16.6. The van der Waals surface area contributed by atoms with E-state index in [0.29, 0.717) is 43.6 Å². The lowest BCUT2D eigenvalue weighted by Gasteiger charge is -2.23. The first-order valence-electron chi connectivity index (χ1n) is 9.70. The fraction of sp³-hybridized carbons (Fsp3) is 0.348. The second kappa shape index (κ2) is 9.98. The molecule has 154 valence electrons. The number of nitrogens with zero attached hydrogens (tertiary/aromatic N) is 2. The van der Waals surface area contributed by atoms with Crippen molar-refractivity contribution in [3.63, 3.8) is 0 Å². The number of hydrogen-bond acceptors (Lipinski definition) is 5. The number of rotatable bonds is 8. The Kier molecular flexibility index (Phi) is 7.14. The van der Waals surface area contributed by atoms with Gasteiger partial charge in [-0.2, -0.15) is 0 Å². The van der Waals surface area contributed by atoms with Crippen LogP contribution < -0.4 is 14.2 Å². The molecule has 1 aliphatic rings. The van der Waals surface area contributed by atoms with Crippen LogP contribution in [-0.4, -0.2) is 63.2 Å². The highest BCUT2D eigenvalue weighted by molar-refractivity contribution is 5.92. The van der Waals surface area contributed by atoms with Crippen molar-refractivity contribution in [2.75, 3.05) is 47.5 Å². The van der Waals surface area contributed by atoms with E-state index in [2.05, 4.69) is 4.90 Å². The summed E-state index contributed by atoms with van der Waals surface area (Å²) in [5.74, 6) is 1.81. The number of fused-ring (bicyclic) bond motifs is 1. The maximum atomic E-state index is 12.9. The molecule has 1 heterocycles. The van der Waals surface area contributed by atoms with Gasteiger partial charge in [0.25, 0.3) is 0 Å². The quantitative estimate of drug-likeness (QED) is 0.642. The van der Waals surface area contributed by atoms with Crippen LogP contribution in [0.1, 0.15) is 11.1 Å². The molecule has 0 N–H and O–H groups in total. The van der Waals surface area contributed by atoms with E-state index in [1.807, 2.05) is 61.5 Å². The predicted molar refractivity (Wildman–Crippen MR) is 113 cm³/mol. The van der Waals surface area contributed by atoms with Crippen molar-refractivity contribution in [1.29, 1.82) is 0 Å². The summed E-state index contributed by atoms with van der Waals surface area (Å²) in [5.41, 5.74) is 1.93. The van der Waals surface area contributed by atoms with Crippen LogP contribution >= 0.6 is 0 Å². The minimum Gasteiger partial charge on any atom is -0.493 e. The molecule has 29 heavy (non-hydrogen) atoms. The molecule has 6 nitrogen and oxygen atoms in total. The molecule has 0 aromatic heterocycles. The smallest absolute Gasteiger partial charge is 0.246 e. The number of ether oxygens (including phenoxy) is 3. The minimum atomic E-state index is -0.0374. The molecule has 2 aromatic carbocycles. The average molecular weight is 396 g/mol. The molecule has 0 radical (unpaired) electrons. The number of carbonyl (C=O) groups is 1. The van der Waals surface area contributed by atoms with Crippen LogP contribution in [0.4, 0.5) is 0 Å². The first kappa shape index (κ1) is 20.7. The SMILES string of the molecule is COc1cc(/C=C/C(=O)N(CCN(C)C)Cc2ccccc2)cc2c1OCCO2. The highest BCUT2D eigenvalue weighted by Gasteiger charge is 2.18.